The lowest BCUT2D eigenvalue weighted by atomic mass is 10.2. The van der Waals surface area contributed by atoms with Gasteiger partial charge in [0.1, 0.15) is 0 Å². The zero-order valence-electron chi connectivity index (χ0n) is 7.45. The van der Waals surface area contributed by atoms with Gasteiger partial charge in [-0.25, -0.2) is 0 Å². The smallest absolute Gasteiger partial charge is 0.0163 e. The van der Waals surface area contributed by atoms with Crippen LogP contribution in [0.3, 0.4) is 0 Å². The molecule has 0 aromatic heterocycles. The van der Waals surface area contributed by atoms with Gasteiger partial charge in [-0.2, -0.15) is 0 Å². The molecule has 0 N–H and O–H groups in total. The van der Waals surface area contributed by atoms with Crippen LogP contribution in [-0.2, 0) is 0 Å². The van der Waals surface area contributed by atoms with Gasteiger partial charge in [0, 0.05) is 0 Å². The van der Waals surface area contributed by atoms with Gasteiger partial charge in [0.25, 0.3) is 0 Å². The van der Waals surface area contributed by atoms with E-state index in [2.05, 4.69) is 48.6 Å². The second-order valence-corrected chi connectivity index (χ2v) is 2.88. The molecular weight excluding hydrogens is 144 g/mol. The van der Waals surface area contributed by atoms with E-state index in [9.17, 15) is 0 Å². The lowest BCUT2D eigenvalue weighted by Gasteiger charge is -1.89. The van der Waals surface area contributed by atoms with E-state index in [1.807, 2.05) is 0 Å². The van der Waals surface area contributed by atoms with Crippen molar-refractivity contribution in [3.8, 4) is 0 Å². The highest BCUT2D eigenvalue weighted by Gasteiger charge is 1.79. The minimum absolute atomic E-state index is 1.04. The van der Waals surface area contributed by atoms with Crippen LogP contribution in [0.1, 0.15) is 25.7 Å². The Labute approximate surface area is 75.0 Å². The molecule has 0 saturated heterocycles. The first-order chi connectivity index (χ1) is 6.00. The van der Waals surface area contributed by atoms with E-state index in [1.165, 1.54) is 19.3 Å². The number of rotatable bonds is 0. The Morgan fingerprint density at radius 2 is 1.08 bits per heavy atom. The summed E-state index contributed by atoms with van der Waals surface area (Å²) in [6, 6.07) is 0. The topological polar surface area (TPSA) is 0 Å². The molecule has 1 aliphatic carbocycles. The van der Waals surface area contributed by atoms with Gasteiger partial charge in [0.05, 0.1) is 0 Å². The monoisotopic (exact) mass is 160 g/mol. The summed E-state index contributed by atoms with van der Waals surface area (Å²) in [6.07, 6.45) is 22.0. The van der Waals surface area contributed by atoms with Crippen molar-refractivity contribution in [2.45, 2.75) is 25.7 Å². The molecule has 0 atom stereocenters. The number of hydrogen-bond acceptors (Lipinski definition) is 0. The molecule has 0 heterocycles. The summed E-state index contributed by atoms with van der Waals surface area (Å²) in [5, 5.41) is 0. The minimum Gasteiger partial charge on any atom is -0.0845 e. The molecule has 0 aliphatic heterocycles. The van der Waals surface area contributed by atoms with Crippen LogP contribution in [0.2, 0.25) is 0 Å². The first-order valence-corrected chi connectivity index (χ1v) is 4.63. The molecule has 0 radical (unpaired) electrons. The largest absolute Gasteiger partial charge is 0.0845 e. The second kappa shape index (κ2) is 6.66. The average molecular weight is 160 g/mol. The quantitative estimate of drug-likeness (QED) is 0.506. The maximum Gasteiger partial charge on any atom is -0.0163 e. The van der Waals surface area contributed by atoms with Crippen LogP contribution in [0.15, 0.2) is 48.6 Å². The summed E-state index contributed by atoms with van der Waals surface area (Å²) < 4.78 is 0. The van der Waals surface area contributed by atoms with Crippen LogP contribution < -0.4 is 0 Å². The van der Waals surface area contributed by atoms with Crippen molar-refractivity contribution in [2.24, 2.45) is 0 Å². The Morgan fingerprint density at radius 3 is 1.67 bits per heavy atom. The summed E-state index contributed by atoms with van der Waals surface area (Å²) in [4.78, 5) is 0. The van der Waals surface area contributed by atoms with E-state index < -0.39 is 0 Å². The third kappa shape index (κ3) is 4.73. The summed E-state index contributed by atoms with van der Waals surface area (Å²) in [5.41, 5.74) is 0. The second-order valence-electron chi connectivity index (χ2n) is 2.88. The zero-order chi connectivity index (χ0) is 8.49. The third-order valence-corrected chi connectivity index (χ3v) is 1.78. The Hall–Kier alpha value is -1.04. The maximum atomic E-state index is 2.23. The molecule has 0 amide bonds. The molecule has 0 aromatic carbocycles. The SMILES string of the molecule is C1=CC/C=C/C=C\CCC/C=C/1. The maximum absolute atomic E-state index is 2.23. The number of allylic oxidation sites excluding steroid dienone is 8. The Morgan fingerprint density at radius 1 is 0.583 bits per heavy atom. The first kappa shape index (κ1) is 9.05. The van der Waals surface area contributed by atoms with Crippen LogP contribution in [0.4, 0.5) is 0 Å². The summed E-state index contributed by atoms with van der Waals surface area (Å²) in [7, 11) is 0. The molecular formula is C12H16. The summed E-state index contributed by atoms with van der Waals surface area (Å²) in [6.45, 7) is 0. The van der Waals surface area contributed by atoms with E-state index in [1.54, 1.807) is 0 Å². The Kier molecular flexibility index (Phi) is 5.02. The van der Waals surface area contributed by atoms with Crippen LogP contribution >= 0.6 is 0 Å². The van der Waals surface area contributed by atoms with Crippen molar-refractivity contribution in [3.63, 3.8) is 0 Å². The molecule has 0 saturated carbocycles. The van der Waals surface area contributed by atoms with Crippen molar-refractivity contribution < 1.29 is 0 Å². The minimum atomic E-state index is 1.04. The van der Waals surface area contributed by atoms with E-state index in [0.29, 0.717) is 0 Å². The van der Waals surface area contributed by atoms with Gasteiger partial charge < -0.3 is 0 Å². The van der Waals surface area contributed by atoms with E-state index >= 15 is 0 Å². The van der Waals surface area contributed by atoms with Crippen molar-refractivity contribution >= 4 is 0 Å². The molecule has 0 spiro atoms. The highest BCUT2D eigenvalue weighted by Crippen LogP contribution is 2.00. The fraction of sp³-hybridized carbons (Fsp3) is 0.333. The Balaban J connectivity index is 2.42. The Bertz CT molecular complexity index is 182. The molecule has 12 heavy (non-hydrogen) atoms. The van der Waals surface area contributed by atoms with Gasteiger partial charge in [-0.15, -0.1) is 0 Å². The molecule has 0 bridgehead atoms. The van der Waals surface area contributed by atoms with Gasteiger partial charge in [-0.05, 0) is 25.7 Å². The molecule has 64 valence electrons. The lowest BCUT2D eigenvalue weighted by Crippen LogP contribution is -1.69. The van der Waals surface area contributed by atoms with Crippen LogP contribution in [0.25, 0.3) is 0 Å². The number of hydrogen-bond donors (Lipinski definition) is 0. The predicted molar refractivity (Wildman–Crippen MR) is 55.0 cm³/mol. The molecule has 1 aliphatic rings. The molecule has 0 nitrogen and oxygen atoms in total. The molecule has 0 unspecified atom stereocenters. The van der Waals surface area contributed by atoms with Gasteiger partial charge in [-0.1, -0.05) is 48.6 Å². The van der Waals surface area contributed by atoms with Crippen molar-refractivity contribution in [2.75, 3.05) is 0 Å². The van der Waals surface area contributed by atoms with Crippen molar-refractivity contribution in [1.82, 2.24) is 0 Å². The van der Waals surface area contributed by atoms with Crippen LogP contribution in [0, 0.1) is 0 Å². The highest BCUT2D eigenvalue weighted by atomic mass is 13.9. The highest BCUT2D eigenvalue weighted by molar-refractivity contribution is 5.09. The van der Waals surface area contributed by atoms with Gasteiger partial charge in [0.15, 0.2) is 0 Å². The summed E-state index contributed by atoms with van der Waals surface area (Å²) in [5.74, 6) is 0. The van der Waals surface area contributed by atoms with Crippen LogP contribution in [0.5, 0.6) is 0 Å². The van der Waals surface area contributed by atoms with E-state index in [4.69, 9.17) is 0 Å². The third-order valence-electron chi connectivity index (χ3n) is 1.78. The predicted octanol–water partition coefficient (Wildman–Crippen LogP) is 3.79. The van der Waals surface area contributed by atoms with Gasteiger partial charge in [-0.3, -0.25) is 0 Å². The van der Waals surface area contributed by atoms with Gasteiger partial charge in [0.2, 0.25) is 0 Å². The fourth-order valence-electron chi connectivity index (χ4n) is 1.10. The molecule has 0 fully saturated rings. The van der Waals surface area contributed by atoms with E-state index in [-0.39, 0.29) is 0 Å². The summed E-state index contributed by atoms with van der Waals surface area (Å²) >= 11 is 0. The van der Waals surface area contributed by atoms with Gasteiger partial charge >= 0.3 is 0 Å². The standard InChI is InChI=1S/C12H16/c1-2-4-6-8-10-12-11-9-7-5-3-1/h1-4,7,9,11-12H,5-6,8,10H2/b3-1+,4-2-,9-7?,12-11+. The normalized spacial score (nSPS) is 26.7. The first-order valence-electron chi connectivity index (χ1n) is 4.63. The molecule has 0 aromatic rings. The molecule has 0 heteroatoms. The average Bonchev–Trinajstić information content (AvgIpc) is 2.05. The zero-order valence-corrected chi connectivity index (χ0v) is 7.45. The molecule has 1 rings (SSSR count). The lowest BCUT2D eigenvalue weighted by molar-refractivity contribution is 0.868. The fourth-order valence-corrected chi connectivity index (χ4v) is 1.10. The van der Waals surface area contributed by atoms with Crippen LogP contribution in [-0.4, -0.2) is 0 Å². The van der Waals surface area contributed by atoms with Crippen molar-refractivity contribution in [3.05, 3.63) is 48.6 Å². The van der Waals surface area contributed by atoms with Crippen molar-refractivity contribution in [1.29, 1.82) is 0 Å². The van der Waals surface area contributed by atoms with E-state index in [0.717, 1.165) is 6.42 Å².